The number of fused-ring (bicyclic) bond motifs is 9. The molecule has 0 saturated carbocycles. The molecule has 272 valence electrons. The Bertz CT molecular complexity index is 3480. The van der Waals surface area contributed by atoms with Crippen molar-refractivity contribution in [3.05, 3.63) is 206 Å². The molecule has 0 spiro atoms. The second-order valence-electron chi connectivity index (χ2n) is 14.8. The first-order valence-electron chi connectivity index (χ1n) is 19.7. The van der Waals surface area contributed by atoms with E-state index in [0.717, 1.165) is 28.3 Å². The Labute approximate surface area is 343 Å². The molecule has 0 radical (unpaired) electrons. The Morgan fingerprint density at radius 3 is 1.55 bits per heavy atom. The summed E-state index contributed by atoms with van der Waals surface area (Å²) >= 11 is 3.78. The fourth-order valence-electron chi connectivity index (χ4n) is 9.07. The first-order valence-corrected chi connectivity index (χ1v) is 21.3. The van der Waals surface area contributed by atoms with E-state index in [1.54, 1.807) is 0 Å². The van der Waals surface area contributed by atoms with Gasteiger partial charge in [-0.25, -0.2) is 0 Å². The van der Waals surface area contributed by atoms with Crippen molar-refractivity contribution in [1.29, 1.82) is 0 Å². The molecule has 0 N–H and O–H groups in total. The van der Waals surface area contributed by atoms with Gasteiger partial charge in [-0.05, 0) is 71.8 Å². The van der Waals surface area contributed by atoms with Crippen LogP contribution in [0.4, 0.5) is 17.1 Å². The van der Waals surface area contributed by atoms with Crippen molar-refractivity contribution in [1.82, 2.24) is 4.57 Å². The summed E-state index contributed by atoms with van der Waals surface area (Å²) in [6.07, 6.45) is 0. The van der Waals surface area contributed by atoms with E-state index in [9.17, 15) is 0 Å². The Balaban J connectivity index is 1.19. The van der Waals surface area contributed by atoms with E-state index < -0.39 is 0 Å². The van der Waals surface area contributed by atoms with Crippen LogP contribution in [0, 0.1) is 0 Å². The Morgan fingerprint density at radius 1 is 0.362 bits per heavy atom. The number of hydrogen-bond donors (Lipinski definition) is 0. The minimum Gasteiger partial charge on any atom is -0.310 e. The van der Waals surface area contributed by atoms with Crippen LogP contribution in [0.2, 0.25) is 0 Å². The van der Waals surface area contributed by atoms with Gasteiger partial charge >= 0.3 is 0 Å². The number of rotatable bonds is 6. The third-order valence-electron chi connectivity index (χ3n) is 11.6. The molecule has 12 rings (SSSR count). The summed E-state index contributed by atoms with van der Waals surface area (Å²) in [7, 11) is 0. The second-order valence-corrected chi connectivity index (χ2v) is 16.9. The fraction of sp³-hybridized carbons (Fsp3) is 0. The molecule has 0 aliphatic rings. The van der Waals surface area contributed by atoms with Gasteiger partial charge in [-0.15, -0.1) is 22.7 Å². The number of thiophene rings is 2. The number of benzene rings is 9. The molecule has 0 saturated heterocycles. The average Bonchev–Trinajstić information content (AvgIpc) is 3.97. The van der Waals surface area contributed by atoms with Crippen molar-refractivity contribution < 1.29 is 0 Å². The van der Waals surface area contributed by atoms with Gasteiger partial charge in [0.05, 0.1) is 22.4 Å². The summed E-state index contributed by atoms with van der Waals surface area (Å²) < 4.78 is 7.78. The lowest BCUT2D eigenvalue weighted by Gasteiger charge is -2.26. The van der Waals surface area contributed by atoms with Gasteiger partial charge in [0.15, 0.2) is 0 Å². The molecule has 12 aromatic rings. The van der Waals surface area contributed by atoms with E-state index in [1.165, 1.54) is 78.9 Å². The van der Waals surface area contributed by atoms with Gasteiger partial charge in [-0.1, -0.05) is 146 Å². The first-order chi connectivity index (χ1) is 28.8. The predicted molar refractivity (Wildman–Crippen MR) is 252 cm³/mol. The number of anilines is 3. The SMILES string of the molecule is c1ccc(N(c2ccccc2)c2cccc3c2c2ccccc2n3-c2cc(-c3cccc4c3sc3ccccc34)ccc2-c2cccc3c2sc2ccccc23)cc1. The molecule has 0 bridgehead atoms. The zero-order chi connectivity index (χ0) is 38.2. The van der Waals surface area contributed by atoms with Crippen molar-refractivity contribution >= 4 is 102 Å². The number of nitrogens with zero attached hydrogens (tertiary/aromatic N) is 2. The van der Waals surface area contributed by atoms with Crippen LogP contribution in [0.1, 0.15) is 0 Å². The van der Waals surface area contributed by atoms with Crippen LogP contribution in [0.25, 0.3) is 90.1 Å². The standard InChI is InChI=1S/C54H34N2S2/c1-3-16-36(17-4-1)55(37-18-5-2-6-19-37)47-28-15-29-48-52(47)45-22-7-10-27-46(45)56(48)49-34-35(38-23-13-25-43-40-20-8-11-30-50(40)57-53(38)43)32-33-39(49)42-24-14-26-44-41-21-9-12-31-51(41)58-54(42)44/h1-34H. The van der Waals surface area contributed by atoms with Gasteiger partial charge in [0, 0.05) is 73.6 Å². The maximum absolute atomic E-state index is 2.53. The molecule has 3 aromatic heterocycles. The molecule has 4 heteroatoms. The molecule has 0 aliphatic heterocycles. The average molecular weight is 775 g/mol. The molecule has 0 amide bonds. The van der Waals surface area contributed by atoms with E-state index in [-0.39, 0.29) is 0 Å². The summed E-state index contributed by atoms with van der Waals surface area (Å²) in [6.45, 7) is 0. The molecule has 0 fully saturated rings. The molecular weight excluding hydrogens is 741 g/mol. The van der Waals surface area contributed by atoms with Crippen LogP contribution < -0.4 is 4.90 Å². The van der Waals surface area contributed by atoms with Gasteiger partial charge in [0.2, 0.25) is 0 Å². The monoisotopic (exact) mass is 774 g/mol. The first kappa shape index (κ1) is 33.2. The molecule has 58 heavy (non-hydrogen) atoms. The number of hydrogen-bond acceptors (Lipinski definition) is 3. The molecule has 9 aromatic carbocycles. The minimum absolute atomic E-state index is 1.12. The highest BCUT2D eigenvalue weighted by molar-refractivity contribution is 7.26. The van der Waals surface area contributed by atoms with Crippen LogP contribution in [0.15, 0.2) is 206 Å². The maximum Gasteiger partial charge on any atom is 0.0562 e. The van der Waals surface area contributed by atoms with Crippen LogP contribution in [0.5, 0.6) is 0 Å². The Kier molecular flexibility index (Phi) is 7.62. The lowest BCUT2D eigenvalue weighted by Crippen LogP contribution is -2.10. The smallest absolute Gasteiger partial charge is 0.0562 e. The van der Waals surface area contributed by atoms with Gasteiger partial charge in [-0.2, -0.15) is 0 Å². The molecule has 2 nitrogen and oxygen atoms in total. The van der Waals surface area contributed by atoms with Gasteiger partial charge in [-0.3, -0.25) is 0 Å². The van der Waals surface area contributed by atoms with E-state index in [4.69, 9.17) is 0 Å². The normalized spacial score (nSPS) is 11.8. The van der Waals surface area contributed by atoms with Crippen LogP contribution in [0.3, 0.4) is 0 Å². The molecule has 0 unspecified atom stereocenters. The third-order valence-corrected chi connectivity index (χ3v) is 14.0. The number of para-hydroxylation sites is 3. The maximum atomic E-state index is 2.53. The molecule has 0 aliphatic carbocycles. The van der Waals surface area contributed by atoms with Gasteiger partial charge in [0.1, 0.15) is 0 Å². The van der Waals surface area contributed by atoms with Gasteiger partial charge in [0.25, 0.3) is 0 Å². The highest BCUT2D eigenvalue weighted by Gasteiger charge is 2.24. The Morgan fingerprint density at radius 2 is 0.879 bits per heavy atom. The Hall–Kier alpha value is -6.98. The van der Waals surface area contributed by atoms with Crippen LogP contribution in [-0.2, 0) is 0 Å². The lowest BCUT2D eigenvalue weighted by atomic mass is 9.96. The van der Waals surface area contributed by atoms with Crippen LogP contribution in [-0.4, -0.2) is 4.57 Å². The molecule has 0 atom stereocenters. The topological polar surface area (TPSA) is 8.17 Å². The second kappa shape index (κ2) is 13.3. The van der Waals surface area contributed by atoms with Crippen LogP contribution >= 0.6 is 22.7 Å². The number of aromatic nitrogens is 1. The zero-order valence-electron chi connectivity index (χ0n) is 31.3. The third kappa shape index (κ3) is 5.09. The van der Waals surface area contributed by atoms with Crippen molar-refractivity contribution in [3.8, 4) is 27.9 Å². The van der Waals surface area contributed by atoms with E-state index in [0.29, 0.717) is 0 Å². The van der Waals surface area contributed by atoms with E-state index in [1.807, 2.05) is 22.7 Å². The van der Waals surface area contributed by atoms with E-state index in [2.05, 4.69) is 216 Å². The van der Waals surface area contributed by atoms with E-state index >= 15 is 0 Å². The fourth-order valence-corrected chi connectivity index (χ4v) is 11.5. The predicted octanol–water partition coefficient (Wildman–Crippen LogP) is 16.3. The minimum atomic E-state index is 1.12. The summed E-state index contributed by atoms with van der Waals surface area (Å²) in [5, 5.41) is 7.66. The summed E-state index contributed by atoms with van der Waals surface area (Å²) in [6, 6.07) is 75.6. The summed E-state index contributed by atoms with van der Waals surface area (Å²) in [5.41, 5.74) is 11.8. The molecule has 3 heterocycles. The quantitative estimate of drug-likeness (QED) is 0.163. The summed E-state index contributed by atoms with van der Waals surface area (Å²) in [4.78, 5) is 2.40. The van der Waals surface area contributed by atoms with Crippen molar-refractivity contribution in [2.75, 3.05) is 4.90 Å². The van der Waals surface area contributed by atoms with Crippen molar-refractivity contribution in [3.63, 3.8) is 0 Å². The van der Waals surface area contributed by atoms with Crippen molar-refractivity contribution in [2.45, 2.75) is 0 Å². The van der Waals surface area contributed by atoms with Crippen molar-refractivity contribution in [2.24, 2.45) is 0 Å². The lowest BCUT2D eigenvalue weighted by molar-refractivity contribution is 1.18. The highest BCUT2D eigenvalue weighted by Crippen LogP contribution is 2.48. The van der Waals surface area contributed by atoms with Gasteiger partial charge < -0.3 is 9.47 Å². The largest absolute Gasteiger partial charge is 0.310 e. The molecular formula is C54H34N2S2. The summed E-state index contributed by atoms with van der Waals surface area (Å²) in [5.74, 6) is 0. The zero-order valence-corrected chi connectivity index (χ0v) is 33.0. The highest BCUT2D eigenvalue weighted by atomic mass is 32.1.